The van der Waals surface area contributed by atoms with Crippen molar-refractivity contribution < 1.29 is 19.4 Å². The third-order valence-electron chi connectivity index (χ3n) is 6.95. The minimum atomic E-state index is -0.438. The van der Waals surface area contributed by atoms with Crippen LogP contribution in [-0.4, -0.2) is 88.9 Å². The van der Waals surface area contributed by atoms with Gasteiger partial charge in [0.05, 0.1) is 19.8 Å². The van der Waals surface area contributed by atoms with Gasteiger partial charge in [-0.2, -0.15) is 5.10 Å². The van der Waals surface area contributed by atoms with Crippen molar-refractivity contribution in [2.24, 2.45) is 11.8 Å². The molecule has 0 unspecified atom stereocenters. The molecule has 2 bridgehead atoms. The molecule has 1 spiro atoms. The molecule has 0 aliphatic carbocycles. The molecule has 5 heterocycles. The second-order valence-electron chi connectivity index (χ2n) is 8.78. The number of esters is 1. The average molecular weight is 428 g/mol. The fourth-order valence-corrected chi connectivity index (χ4v) is 5.58. The number of aliphatic hydroxyl groups excluding tert-OH is 1. The van der Waals surface area contributed by atoms with Gasteiger partial charge in [-0.05, 0) is 24.6 Å². The lowest BCUT2D eigenvalue weighted by Gasteiger charge is -2.41. The number of carbonyl (C=O) groups is 1. The molecular weight excluding hydrogens is 398 g/mol. The number of aromatic nitrogens is 3. The number of carbonyl (C=O) groups excluding carboxylic acids is 1. The lowest BCUT2D eigenvalue weighted by atomic mass is 9.83. The summed E-state index contributed by atoms with van der Waals surface area (Å²) in [6.45, 7) is 5.14. The van der Waals surface area contributed by atoms with Crippen LogP contribution in [0.1, 0.15) is 16.9 Å². The summed E-state index contributed by atoms with van der Waals surface area (Å²) in [5.41, 5.74) is -0.0106. The SMILES string of the molecule is COC(=O)c1cccc(N2C[C@H]3O[C@@]4(CN(CCCn5cccn5)C[C@@H]4[C@@H]3CO)C2)n1. The van der Waals surface area contributed by atoms with Crippen LogP contribution in [0.3, 0.4) is 0 Å². The maximum Gasteiger partial charge on any atom is 0.356 e. The minimum absolute atomic E-state index is 0.0291. The summed E-state index contributed by atoms with van der Waals surface area (Å²) < 4.78 is 13.3. The number of ether oxygens (including phenoxy) is 2. The molecule has 3 saturated heterocycles. The normalized spacial score (nSPS) is 29.9. The Balaban J connectivity index is 1.31. The predicted octanol–water partition coefficient (Wildman–Crippen LogP) is 0.653. The van der Waals surface area contributed by atoms with E-state index in [1.54, 1.807) is 12.3 Å². The molecule has 31 heavy (non-hydrogen) atoms. The molecule has 0 aromatic carbocycles. The first-order valence-electron chi connectivity index (χ1n) is 10.9. The number of hydrogen-bond acceptors (Lipinski definition) is 8. The van der Waals surface area contributed by atoms with Gasteiger partial charge in [0.25, 0.3) is 0 Å². The van der Waals surface area contributed by atoms with E-state index in [-0.39, 0.29) is 24.2 Å². The number of aliphatic hydroxyl groups is 1. The lowest BCUT2D eigenvalue weighted by Crippen LogP contribution is -2.54. The summed E-state index contributed by atoms with van der Waals surface area (Å²) in [5, 5.41) is 14.4. The van der Waals surface area contributed by atoms with Crippen molar-refractivity contribution in [3.8, 4) is 0 Å². The predicted molar refractivity (Wildman–Crippen MR) is 113 cm³/mol. The smallest absolute Gasteiger partial charge is 0.356 e. The largest absolute Gasteiger partial charge is 0.464 e. The van der Waals surface area contributed by atoms with Gasteiger partial charge in [-0.25, -0.2) is 9.78 Å². The zero-order valence-electron chi connectivity index (χ0n) is 17.8. The summed E-state index contributed by atoms with van der Waals surface area (Å²) >= 11 is 0. The van der Waals surface area contributed by atoms with Crippen molar-refractivity contribution in [2.45, 2.75) is 24.7 Å². The monoisotopic (exact) mass is 427 g/mol. The van der Waals surface area contributed by atoms with Crippen LogP contribution in [0, 0.1) is 11.8 Å². The van der Waals surface area contributed by atoms with Crippen molar-refractivity contribution in [1.29, 1.82) is 0 Å². The zero-order chi connectivity index (χ0) is 21.4. The number of nitrogens with zero attached hydrogens (tertiary/aromatic N) is 5. The van der Waals surface area contributed by atoms with Crippen LogP contribution in [0.2, 0.25) is 0 Å². The zero-order valence-corrected chi connectivity index (χ0v) is 17.8. The molecule has 5 rings (SSSR count). The van der Waals surface area contributed by atoms with Crippen LogP contribution in [0.5, 0.6) is 0 Å². The van der Waals surface area contributed by atoms with E-state index in [0.717, 1.165) is 38.4 Å². The number of likely N-dealkylation sites (tertiary alicyclic amines) is 1. The molecule has 9 heteroatoms. The number of aryl methyl sites for hydroxylation is 1. The Morgan fingerprint density at radius 2 is 2.19 bits per heavy atom. The Morgan fingerprint density at radius 3 is 2.97 bits per heavy atom. The van der Waals surface area contributed by atoms with Crippen molar-refractivity contribution in [3.63, 3.8) is 0 Å². The molecule has 4 atom stereocenters. The standard InChI is InChI=1S/C22H29N5O4/c1-30-21(29)18-5-2-6-20(24-18)26-12-19-16(13-28)17-11-25(14-22(17,15-26)31-19)8-4-10-27-9-3-7-23-27/h2-3,5-7,9,16-17,19,28H,4,8,10-15H2,1H3/t16-,17+,19+,22-/m0/s1. The Morgan fingerprint density at radius 1 is 1.29 bits per heavy atom. The highest BCUT2D eigenvalue weighted by Gasteiger charge is 2.62. The van der Waals surface area contributed by atoms with E-state index >= 15 is 0 Å². The Hall–Kier alpha value is -2.49. The summed E-state index contributed by atoms with van der Waals surface area (Å²) in [5.74, 6) is 0.725. The number of rotatable bonds is 7. The van der Waals surface area contributed by atoms with Gasteiger partial charge >= 0.3 is 5.97 Å². The summed E-state index contributed by atoms with van der Waals surface area (Å²) in [4.78, 5) is 21.1. The Kier molecular flexibility index (Phi) is 5.41. The molecule has 9 nitrogen and oxygen atoms in total. The van der Waals surface area contributed by atoms with E-state index in [2.05, 4.69) is 19.9 Å². The maximum atomic E-state index is 11.9. The molecule has 2 aromatic heterocycles. The number of fused-ring (bicyclic) bond motifs is 1. The van der Waals surface area contributed by atoms with Gasteiger partial charge in [0.1, 0.15) is 11.4 Å². The molecule has 3 fully saturated rings. The van der Waals surface area contributed by atoms with Crippen LogP contribution >= 0.6 is 0 Å². The van der Waals surface area contributed by atoms with Gasteiger partial charge in [0, 0.05) is 63.6 Å². The van der Waals surface area contributed by atoms with Crippen molar-refractivity contribution in [1.82, 2.24) is 19.7 Å². The molecule has 3 aliphatic heterocycles. The van der Waals surface area contributed by atoms with Crippen LogP contribution < -0.4 is 4.90 Å². The van der Waals surface area contributed by atoms with Gasteiger partial charge in [-0.3, -0.25) is 9.58 Å². The fraction of sp³-hybridized carbons (Fsp3) is 0.591. The number of anilines is 1. The fourth-order valence-electron chi connectivity index (χ4n) is 5.58. The first kappa shape index (κ1) is 20.4. The quantitative estimate of drug-likeness (QED) is 0.644. The highest BCUT2D eigenvalue weighted by molar-refractivity contribution is 5.87. The van der Waals surface area contributed by atoms with Crippen molar-refractivity contribution in [2.75, 3.05) is 51.3 Å². The van der Waals surface area contributed by atoms with Gasteiger partial charge in [0.15, 0.2) is 5.69 Å². The minimum Gasteiger partial charge on any atom is -0.464 e. The molecule has 0 saturated carbocycles. The summed E-state index contributed by atoms with van der Waals surface area (Å²) in [6.07, 6.45) is 4.78. The van der Waals surface area contributed by atoms with E-state index in [4.69, 9.17) is 9.47 Å². The average Bonchev–Trinajstić information content (AvgIpc) is 3.46. The Labute approximate surface area is 181 Å². The van der Waals surface area contributed by atoms with E-state index in [1.165, 1.54) is 7.11 Å². The van der Waals surface area contributed by atoms with Gasteiger partial charge in [-0.1, -0.05) is 6.07 Å². The molecule has 2 aromatic rings. The van der Waals surface area contributed by atoms with Crippen molar-refractivity contribution in [3.05, 3.63) is 42.4 Å². The third-order valence-corrected chi connectivity index (χ3v) is 6.95. The lowest BCUT2D eigenvalue weighted by molar-refractivity contribution is -0.0643. The molecular formula is C22H29N5O4. The number of hydrogen-bond donors (Lipinski definition) is 1. The number of pyridine rings is 1. The van der Waals surface area contributed by atoms with Gasteiger partial charge in [-0.15, -0.1) is 0 Å². The number of methoxy groups -OCH3 is 1. The van der Waals surface area contributed by atoms with E-state index in [0.29, 0.717) is 24.7 Å². The van der Waals surface area contributed by atoms with Crippen LogP contribution in [0.25, 0.3) is 0 Å². The van der Waals surface area contributed by atoms with E-state index in [1.807, 2.05) is 29.1 Å². The first-order valence-corrected chi connectivity index (χ1v) is 10.9. The summed E-state index contributed by atoms with van der Waals surface area (Å²) in [7, 11) is 1.36. The third kappa shape index (κ3) is 3.71. The van der Waals surface area contributed by atoms with Crippen molar-refractivity contribution >= 4 is 11.8 Å². The topological polar surface area (TPSA) is 93.0 Å². The van der Waals surface area contributed by atoms with Crippen LogP contribution in [0.4, 0.5) is 5.82 Å². The second-order valence-corrected chi connectivity index (χ2v) is 8.78. The maximum absolute atomic E-state index is 11.9. The van der Waals surface area contributed by atoms with E-state index in [9.17, 15) is 9.90 Å². The molecule has 166 valence electrons. The highest BCUT2D eigenvalue weighted by atomic mass is 16.5. The number of morpholine rings is 1. The molecule has 0 radical (unpaired) electrons. The molecule has 1 N–H and O–H groups in total. The van der Waals surface area contributed by atoms with E-state index < -0.39 is 5.97 Å². The van der Waals surface area contributed by atoms with Crippen LogP contribution in [0.15, 0.2) is 36.7 Å². The van der Waals surface area contributed by atoms with Gasteiger partial charge in [0.2, 0.25) is 0 Å². The molecule has 3 aliphatic rings. The Bertz CT molecular complexity index is 922. The summed E-state index contributed by atoms with van der Waals surface area (Å²) in [6, 6.07) is 7.37. The molecule has 0 amide bonds. The van der Waals surface area contributed by atoms with Crippen LogP contribution in [-0.2, 0) is 16.0 Å². The first-order chi connectivity index (χ1) is 15.1. The second kappa shape index (κ2) is 8.22. The highest BCUT2D eigenvalue weighted by Crippen LogP contribution is 2.49. The van der Waals surface area contributed by atoms with Gasteiger partial charge < -0.3 is 19.5 Å².